The summed E-state index contributed by atoms with van der Waals surface area (Å²) in [6, 6.07) is 57.3. The molecule has 0 saturated heterocycles. The van der Waals surface area contributed by atoms with Crippen LogP contribution in [0, 0.1) is 0 Å². The average molecular weight is 665 g/mol. The smallest absolute Gasteiger partial charge is 0.142 e. The second-order valence-corrected chi connectivity index (χ2v) is 13.7. The number of aromatic nitrogens is 2. The fraction of sp³-hybridized carbons (Fsp3) is 0.0204. The van der Waals surface area contributed by atoms with E-state index >= 15 is 0 Å². The van der Waals surface area contributed by atoms with Crippen LogP contribution >= 0.6 is 0 Å². The summed E-state index contributed by atoms with van der Waals surface area (Å²) in [5, 5.41) is 6.17. The van der Waals surface area contributed by atoms with E-state index in [1.807, 2.05) is 0 Å². The average Bonchev–Trinajstić information content (AvgIpc) is 3.78. The SMILES string of the molecule is C1=CCc2oc3c(-c4ccc(-n5c6ccccc6c6cc(-c7ccc8c(c7)c7ccccc7n8-c7ccccc7)ccc65)cc4)cccc3c2C=C1. The molecule has 52 heavy (non-hydrogen) atoms. The van der Waals surface area contributed by atoms with Crippen molar-refractivity contribution in [2.24, 2.45) is 0 Å². The van der Waals surface area contributed by atoms with Crippen molar-refractivity contribution >= 4 is 60.7 Å². The van der Waals surface area contributed by atoms with Gasteiger partial charge >= 0.3 is 0 Å². The van der Waals surface area contributed by atoms with Gasteiger partial charge in [0.2, 0.25) is 0 Å². The largest absolute Gasteiger partial charge is 0.459 e. The van der Waals surface area contributed by atoms with Gasteiger partial charge in [0.25, 0.3) is 0 Å². The van der Waals surface area contributed by atoms with Crippen LogP contribution in [0.25, 0.3) is 94.3 Å². The minimum atomic E-state index is 0.804. The van der Waals surface area contributed by atoms with Crippen molar-refractivity contribution in [3.63, 3.8) is 0 Å². The van der Waals surface area contributed by atoms with E-state index in [1.165, 1.54) is 66.0 Å². The molecule has 3 heterocycles. The fourth-order valence-electron chi connectivity index (χ4n) is 8.38. The second kappa shape index (κ2) is 11.3. The molecular formula is C49H32N2O. The summed E-state index contributed by atoms with van der Waals surface area (Å²) in [4.78, 5) is 0. The van der Waals surface area contributed by atoms with Gasteiger partial charge in [-0.25, -0.2) is 0 Å². The van der Waals surface area contributed by atoms with Gasteiger partial charge in [0.05, 0.1) is 22.1 Å². The van der Waals surface area contributed by atoms with E-state index in [0.29, 0.717) is 0 Å². The lowest BCUT2D eigenvalue weighted by Crippen LogP contribution is -1.94. The van der Waals surface area contributed by atoms with Crippen molar-refractivity contribution in [2.75, 3.05) is 0 Å². The van der Waals surface area contributed by atoms with Gasteiger partial charge in [0.1, 0.15) is 11.3 Å². The van der Waals surface area contributed by atoms with Crippen LogP contribution in [-0.4, -0.2) is 9.13 Å². The fourth-order valence-corrected chi connectivity index (χ4v) is 8.38. The van der Waals surface area contributed by atoms with Crippen LogP contribution in [0.2, 0.25) is 0 Å². The molecule has 3 aromatic heterocycles. The van der Waals surface area contributed by atoms with E-state index in [9.17, 15) is 0 Å². The van der Waals surface area contributed by atoms with Crippen LogP contribution in [0.4, 0.5) is 0 Å². The van der Waals surface area contributed by atoms with Crippen LogP contribution in [0.15, 0.2) is 180 Å². The number of hydrogen-bond acceptors (Lipinski definition) is 1. The summed E-state index contributed by atoms with van der Waals surface area (Å²) < 4.78 is 11.2. The van der Waals surface area contributed by atoms with Crippen molar-refractivity contribution < 1.29 is 4.42 Å². The van der Waals surface area contributed by atoms with Crippen molar-refractivity contribution in [3.8, 4) is 33.6 Å². The van der Waals surface area contributed by atoms with Crippen molar-refractivity contribution in [3.05, 3.63) is 187 Å². The Hall–Kier alpha value is -6.84. The van der Waals surface area contributed by atoms with Gasteiger partial charge in [-0.1, -0.05) is 121 Å². The lowest BCUT2D eigenvalue weighted by molar-refractivity contribution is 0.565. The molecular weight excluding hydrogens is 633 g/mol. The topological polar surface area (TPSA) is 23.0 Å². The first-order chi connectivity index (χ1) is 25.8. The molecule has 0 unspecified atom stereocenters. The first-order valence-corrected chi connectivity index (χ1v) is 17.9. The Morgan fingerprint density at radius 1 is 0.423 bits per heavy atom. The van der Waals surface area contributed by atoms with Crippen LogP contribution < -0.4 is 0 Å². The third kappa shape index (κ3) is 4.33. The van der Waals surface area contributed by atoms with E-state index in [1.54, 1.807) is 0 Å². The van der Waals surface area contributed by atoms with Crippen molar-refractivity contribution in [1.29, 1.82) is 0 Å². The number of hydrogen-bond donors (Lipinski definition) is 0. The van der Waals surface area contributed by atoms with Gasteiger partial charge in [0.15, 0.2) is 0 Å². The van der Waals surface area contributed by atoms with Gasteiger partial charge in [-0.05, 0) is 77.4 Å². The molecule has 7 aromatic carbocycles. The Bertz CT molecular complexity index is 3080. The van der Waals surface area contributed by atoms with Gasteiger partial charge in [-0.3, -0.25) is 0 Å². The molecule has 0 aliphatic heterocycles. The van der Waals surface area contributed by atoms with Gasteiger partial charge < -0.3 is 13.6 Å². The molecule has 0 atom stereocenters. The molecule has 1 aliphatic rings. The highest BCUT2D eigenvalue weighted by Crippen LogP contribution is 2.40. The standard InChI is InChI=1S/C49H32N2O/c1-3-12-35(13-4-1)50-44-19-9-7-14-38(44)42-30-33(24-28-46(42)50)34-25-29-47-43(31-34)39-15-8-10-20-45(39)51(47)36-26-22-32(23-27-36)37-17-11-18-41-40-16-5-2-6-21-48(40)52-49(37)41/h1-20,22-31H,21H2. The van der Waals surface area contributed by atoms with Crippen LogP contribution in [0.3, 0.4) is 0 Å². The third-order valence-corrected chi connectivity index (χ3v) is 10.8. The second-order valence-electron chi connectivity index (χ2n) is 13.7. The lowest BCUT2D eigenvalue weighted by atomic mass is 10.0. The van der Waals surface area contributed by atoms with Crippen LogP contribution in [0.5, 0.6) is 0 Å². The summed E-state index contributed by atoms with van der Waals surface area (Å²) in [5.41, 5.74) is 13.9. The molecule has 3 nitrogen and oxygen atoms in total. The van der Waals surface area contributed by atoms with Gasteiger partial charge in [-0.2, -0.15) is 0 Å². The maximum absolute atomic E-state index is 6.48. The number of furan rings is 1. The normalized spacial score (nSPS) is 12.8. The van der Waals surface area contributed by atoms with E-state index in [4.69, 9.17) is 4.42 Å². The Kier molecular flexibility index (Phi) is 6.31. The highest BCUT2D eigenvalue weighted by molar-refractivity contribution is 6.12. The summed E-state index contributed by atoms with van der Waals surface area (Å²) in [6.45, 7) is 0. The highest BCUT2D eigenvalue weighted by atomic mass is 16.3. The predicted molar refractivity (Wildman–Crippen MR) is 218 cm³/mol. The summed E-state index contributed by atoms with van der Waals surface area (Å²) in [7, 11) is 0. The molecule has 0 N–H and O–H groups in total. The van der Waals surface area contributed by atoms with Crippen molar-refractivity contribution in [2.45, 2.75) is 6.42 Å². The number of benzene rings is 7. The number of para-hydroxylation sites is 4. The molecule has 0 bridgehead atoms. The maximum atomic E-state index is 6.48. The molecule has 244 valence electrons. The minimum absolute atomic E-state index is 0.804. The van der Waals surface area contributed by atoms with Crippen molar-refractivity contribution in [1.82, 2.24) is 9.13 Å². The number of fused-ring (bicyclic) bond motifs is 9. The van der Waals surface area contributed by atoms with E-state index in [-0.39, 0.29) is 0 Å². The Balaban J connectivity index is 1.02. The van der Waals surface area contributed by atoms with E-state index < -0.39 is 0 Å². The zero-order chi connectivity index (χ0) is 34.2. The summed E-state index contributed by atoms with van der Waals surface area (Å²) >= 11 is 0. The van der Waals surface area contributed by atoms with Crippen LogP contribution in [0.1, 0.15) is 11.3 Å². The molecule has 0 radical (unpaired) electrons. The Labute approximate surface area is 300 Å². The van der Waals surface area contributed by atoms with Gasteiger partial charge in [0, 0.05) is 55.9 Å². The predicted octanol–water partition coefficient (Wildman–Crippen LogP) is 13.1. The quantitative estimate of drug-likeness (QED) is 0.184. The molecule has 11 rings (SSSR count). The molecule has 0 amide bonds. The van der Waals surface area contributed by atoms with Crippen LogP contribution in [-0.2, 0) is 6.42 Å². The molecule has 0 fully saturated rings. The maximum Gasteiger partial charge on any atom is 0.142 e. The molecule has 10 aromatic rings. The minimum Gasteiger partial charge on any atom is -0.459 e. The summed E-state index contributed by atoms with van der Waals surface area (Å²) in [5.74, 6) is 1.02. The zero-order valence-corrected chi connectivity index (χ0v) is 28.3. The molecule has 3 heteroatoms. The first-order valence-electron chi connectivity index (χ1n) is 17.9. The van der Waals surface area contributed by atoms with Gasteiger partial charge in [-0.15, -0.1) is 0 Å². The van der Waals surface area contributed by atoms with E-state index in [2.05, 4.69) is 191 Å². The summed E-state index contributed by atoms with van der Waals surface area (Å²) in [6.07, 6.45) is 9.30. The molecule has 1 aliphatic carbocycles. The Morgan fingerprint density at radius 2 is 0.981 bits per heavy atom. The highest BCUT2D eigenvalue weighted by Gasteiger charge is 2.18. The molecule has 0 saturated carbocycles. The number of nitrogens with zero attached hydrogens (tertiary/aromatic N) is 2. The van der Waals surface area contributed by atoms with E-state index in [0.717, 1.165) is 40.0 Å². The zero-order valence-electron chi connectivity index (χ0n) is 28.3. The monoisotopic (exact) mass is 664 g/mol. The number of rotatable bonds is 4. The lowest BCUT2D eigenvalue weighted by Gasteiger charge is -2.10. The molecule has 0 spiro atoms. The first kappa shape index (κ1) is 28.9. The Morgan fingerprint density at radius 3 is 1.65 bits per heavy atom. The number of allylic oxidation sites excluding steroid dienone is 3. The third-order valence-electron chi connectivity index (χ3n) is 10.8.